The molecule has 0 amide bonds. The van der Waals surface area contributed by atoms with Crippen molar-refractivity contribution in [3.05, 3.63) is 65.2 Å². The molecule has 0 saturated carbocycles. The number of imidazole rings is 1. The molecule has 0 unspecified atom stereocenters. The highest BCUT2D eigenvalue weighted by Gasteiger charge is 2.51. The Morgan fingerprint density at radius 2 is 1.63 bits per heavy atom. The Bertz CT molecular complexity index is 1560. The van der Waals surface area contributed by atoms with E-state index in [1.165, 1.54) is 49.4 Å². The molecule has 0 spiro atoms. The Morgan fingerprint density at radius 1 is 1.07 bits per heavy atom. The third-order valence-electron chi connectivity index (χ3n) is 6.36. The highest BCUT2D eigenvalue weighted by Crippen LogP contribution is 2.52. The van der Waals surface area contributed by atoms with E-state index in [9.17, 15) is 18.1 Å². The van der Waals surface area contributed by atoms with Gasteiger partial charge < -0.3 is 29.0 Å². The highest BCUT2D eigenvalue weighted by molar-refractivity contribution is 7.49. The van der Waals surface area contributed by atoms with Gasteiger partial charge in [-0.2, -0.15) is 4.98 Å². The molecule has 1 saturated heterocycles. The molecule has 41 heavy (non-hydrogen) atoms. The van der Waals surface area contributed by atoms with E-state index in [0.717, 1.165) is 0 Å². The van der Waals surface area contributed by atoms with Gasteiger partial charge in [0.15, 0.2) is 16.8 Å². The number of alkyl halides is 2. The molecule has 2 aromatic carbocycles. The van der Waals surface area contributed by atoms with Crippen LogP contribution in [-0.4, -0.2) is 52.4 Å². The molecule has 218 valence electrons. The fourth-order valence-corrected chi connectivity index (χ4v) is 5.51. The van der Waals surface area contributed by atoms with Crippen LogP contribution in [0.3, 0.4) is 0 Å². The minimum atomic E-state index is -4.57. The zero-order chi connectivity index (χ0) is 29.2. The number of aromatic amines is 1. The number of rotatable bonds is 11. The third kappa shape index (κ3) is 5.97. The Hall–Kier alpha value is -4.20. The van der Waals surface area contributed by atoms with Crippen LogP contribution >= 0.6 is 7.82 Å². The number of phosphoric ester groups is 1. The number of aromatic nitrogens is 4. The zero-order valence-electron chi connectivity index (χ0n) is 21.9. The van der Waals surface area contributed by atoms with Crippen LogP contribution in [0, 0.1) is 0 Å². The molecule has 0 radical (unpaired) electrons. The minimum absolute atomic E-state index is 0.0288. The molecule has 2 atom stereocenters. The largest absolute Gasteiger partial charge is 0.587 e. The summed E-state index contributed by atoms with van der Waals surface area (Å²) in [6.45, 7) is -0.854. The van der Waals surface area contributed by atoms with Gasteiger partial charge in [-0.25, -0.2) is 18.3 Å². The molecule has 13 nitrogen and oxygen atoms in total. The van der Waals surface area contributed by atoms with E-state index in [1.54, 1.807) is 24.3 Å². The molecule has 3 N–H and O–H groups in total. The van der Waals surface area contributed by atoms with Gasteiger partial charge in [0.1, 0.15) is 29.2 Å². The molecular weight excluding hydrogens is 567 g/mol. The lowest BCUT2D eigenvalue weighted by Gasteiger charge is -2.30. The van der Waals surface area contributed by atoms with Crippen molar-refractivity contribution in [2.45, 2.75) is 31.1 Å². The number of nitrogens with one attached hydrogen (secondary N) is 1. The van der Waals surface area contributed by atoms with Gasteiger partial charge in [-0.05, 0) is 61.4 Å². The summed E-state index contributed by atoms with van der Waals surface area (Å²) in [4.78, 5) is 22.5. The lowest BCUT2D eigenvalue weighted by atomic mass is 10.0. The first-order valence-corrected chi connectivity index (χ1v) is 13.7. The summed E-state index contributed by atoms with van der Waals surface area (Å²) in [5.41, 5.74) is 2.90. The molecule has 4 aromatic rings. The highest BCUT2D eigenvalue weighted by atomic mass is 31.2. The molecule has 5 rings (SSSR count). The topological polar surface area (TPSA) is 162 Å². The van der Waals surface area contributed by atoms with E-state index in [0.29, 0.717) is 11.5 Å². The first-order valence-electron chi connectivity index (χ1n) is 12.2. The van der Waals surface area contributed by atoms with E-state index >= 15 is 0 Å². The Balaban J connectivity index is 1.39. The smallest absolute Gasteiger partial charge is 0.497 e. The predicted molar refractivity (Wildman–Crippen MR) is 141 cm³/mol. The average molecular weight is 593 g/mol. The number of benzene rings is 2. The van der Waals surface area contributed by atoms with Gasteiger partial charge >= 0.3 is 7.82 Å². The van der Waals surface area contributed by atoms with Crippen LogP contribution in [-0.2, 0) is 13.8 Å². The number of H-pyrrole nitrogens is 1. The van der Waals surface area contributed by atoms with Crippen molar-refractivity contribution in [3.63, 3.8) is 0 Å². The van der Waals surface area contributed by atoms with E-state index < -0.39 is 38.2 Å². The average Bonchev–Trinajstić information content (AvgIpc) is 3.58. The standard InChI is InChI=1S/C25H26F2N5O8P/c1-35-15-3-7-17(8-4-15)39-41(34,40-18-9-5-16(36-2)6-10-18)37-13-25(23(26)27)12-11-19(38-25)32-14-29-20-21(32)30-24(28)31-22(20)33/h3-10,14,19,23H,11-13H2,1-2H3,(H3,28,30,31,33)/t19-,25+/m1/s1. The Morgan fingerprint density at radius 3 is 2.17 bits per heavy atom. The maximum Gasteiger partial charge on any atom is 0.587 e. The molecule has 0 aliphatic carbocycles. The van der Waals surface area contributed by atoms with Gasteiger partial charge in [0, 0.05) is 0 Å². The second kappa shape index (κ2) is 11.4. The summed E-state index contributed by atoms with van der Waals surface area (Å²) in [6.07, 6.45) is -2.91. The summed E-state index contributed by atoms with van der Waals surface area (Å²) in [5, 5.41) is 0. The molecule has 2 aromatic heterocycles. The molecule has 1 aliphatic rings. The fraction of sp³-hybridized carbons (Fsp3) is 0.320. The number of fused-ring (bicyclic) bond motifs is 1. The van der Waals surface area contributed by atoms with Gasteiger partial charge in [-0.15, -0.1) is 0 Å². The van der Waals surface area contributed by atoms with Crippen molar-refractivity contribution in [1.29, 1.82) is 0 Å². The minimum Gasteiger partial charge on any atom is -0.497 e. The molecule has 3 heterocycles. The van der Waals surface area contributed by atoms with Crippen LogP contribution in [0.4, 0.5) is 14.7 Å². The lowest BCUT2D eigenvalue weighted by Crippen LogP contribution is -2.42. The second-order valence-corrected chi connectivity index (χ2v) is 10.5. The van der Waals surface area contributed by atoms with Crippen LogP contribution in [0.1, 0.15) is 19.1 Å². The van der Waals surface area contributed by atoms with Gasteiger partial charge in [0.05, 0.1) is 27.2 Å². The number of nitrogen functional groups attached to an aromatic ring is 1. The quantitative estimate of drug-likeness (QED) is 0.238. The maximum absolute atomic E-state index is 14.5. The maximum atomic E-state index is 14.5. The number of phosphoric acid groups is 1. The molecule has 1 fully saturated rings. The lowest BCUT2D eigenvalue weighted by molar-refractivity contribution is -0.166. The summed E-state index contributed by atoms with van der Waals surface area (Å²) in [5.74, 6) is 1.02. The first-order chi connectivity index (χ1) is 19.6. The number of hydrogen-bond acceptors (Lipinski definition) is 11. The number of halogens is 2. The third-order valence-corrected chi connectivity index (χ3v) is 7.68. The van der Waals surface area contributed by atoms with E-state index in [4.69, 9.17) is 33.5 Å². The summed E-state index contributed by atoms with van der Waals surface area (Å²) in [7, 11) is -1.61. The van der Waals surface area contributed by atoms with E-state index in [2.05, 4.69) is 15.0 Å². The van der Waals surface area contributed by atoms with Gasteiger partial charge in [-0.3, -0.25) is 18.9 Å². The molecular formula is C25H26F2N5O8P. The Labute approximate surface area is 231 Å². The summed E-state index contributed by atoms with van der Waals surface area (Å²) < 4.78 is 76.9. The van der Waals surface area contributed by atoms with Crippen molar-refractivity contribution >= 4 is 24.9 Å². The molecule has 0 bridgehead atoms. The van der Waals surface area contributed by atoms with Crippen molar-refractivity contribution in [2.24, 2.45) is 0 Å². The number of ether oxygens (including phenoxy) is 3. The van der Waals surface area contributed by atoms with E-state index in [1.807, 2.05) is 0 Å². The molecule has 1 aliphatic heterocycles. The number of anilines is 1. The van der Waals surface area contributed by atoms with Crippen molar-refractivity contribution in [3.8, 4) is 23.0 Å². The van der Waals surface area contributed by atoms with E-state index in [-0.39, 0.29) is 41.5 Å². The van der Waals surface area contributed by atoms with Crippen LogP contribution in [0.25, 0.3) is 11.2 Å². The Kier molecular flexibility index (Phi) is 7.84. The van der Waals surface area contributed by atoms with Crippen LogP contribution in [0.5, 0.6) is 23.0 Å². The first kappa shape index (κ1) is 28.3. The van der Waals surface area contributed by atoms with Crippen molar-refractivity contribution < 1.29 is 41.1 Å². The number of hydrogen-bond donors (Lipinski definition) is 2. The van der Waals surface area contributed by atoms with Crippen molar-refractivity contribution in [2.75, 3.05) is 26.6 Å². The number of nitrogens with zero attached hydrogens (tertiary/aromatic N) is 3. The summed E-state index contributed by atoms with van der Waals surface area (Å²) >= 11 is 0. The van der Waals surface area contributed by atoms with Gasteiger partial charge in [0.2, 0.25) is 5.95 Å². The number of methoxy groups -OCH3 is 2. The monoisotopic (exact) mass is 593 g/mol. The van der Waals surface area contributed by atoms with Crippen LogP contribution in [0.15, 0.2) is 59.7 Å². The second-order valence-electron chi connectivity index (χ2n) is 9.01. The fourth-order valence-electron chi connectivity index (χ4n) is 4.23. The van der Waals surface area contributed by atoms with Crippen LogP contribution < -0.4 is 29.8 Å². The predicted octanol–water partition coefficient (Wildman–Crippen LogP) is 4.31. The zero-order valence-corrected chi connectivity index (χ0v) is 22.8. The van der Waals surface area contributed by atoms with Gasteiger partial charge in [0.25, 0.3) is 12.0 Å². The summed E-state index contributed by atoms with van der Waals surface area (Å²) in [6, 6.07) is 12.1. The SMILES string of the molecule is COc1ccc(OP(=O)(OC[C@]2(C(F)F)CC[C@H](n3cnc4c(=O)[nH]c(N)nc43)O2)Oc2ccc(OC)cc2)cc1. The number of nitrogens with two attached hydrogens (primary N) is 1. The normalized spacial score (nSPS) is 19.0. The van der Waals surface area contributed by atoms with Crippen molar-refractivity contribution in [1.82, 2.24) is 19.5 Å². The van der Waals surface area contributed by atoms with Crippen LogP contribution in [0.2, 0.25) is 0 Å². The van der Waals surface area contributed by atoms with Gasteiger partial charge in [-0.1, -0.05) is 0 Å². The molecule has 16 heteroatoms.